The summed E-state index contributed by atoms with van der Waals surface area (Å²) in [5, 5.41) is 10.7. The zero-order valence-corrected chi connectivity index (χ0v) is 12.7. The summed E-state index contributed by atoms with van der Waals surface area (Å²) in [6.45, 7) is 4.45. The highest BCUT2D eigenvalue weighted by Gasteiger charge is 2.00. The molecule has 0 bridgehead atoms. The van der Waals surface area contributed by atoms with Gasteiger partial charge in [0, 0.05) is 24.2 Å². The number of rotatable bonds is 6. The second kappa shape index (κ2) is 6.60. The summed E-state index contributed by atoms with van der Waals surface area (Å²) in [6, 6.07) is 8.55. The number of benzene rings is 1. The lowest BCUT2D eigenvalue weighted by atomic mass is 10.1. The lowest BCUT2D eigenvalue weighted by Gasteiger charge is -2.05. The molecule has 6 heteroatoms. The average molecular weight is 299 g/mol. The highest BCUT2D eigenvalue weighted by atomic mass is 32.1. The first kappa shape index (κ1) is 13.9. The van der Waals surface area contributed by atoms with Gasteiger partial charge in [-0.3, -0.25) is 0 Å². The zero-order valence-electron chi connectivity index (χ0n) is 11.9. The van der Waals surface area contributed by atoms with Crippen molar-refractivity contribution in [1.29, 1.82) is 0 Å². The Kier molecular flexibility index (Phi) is 4.37. The molecule has 21 heavy (non-hydrogen) atoms. The monoisotopic (exact) mass is 299 g/mol. The fourth-order valence-electron chi connectivity index (χ4n) is 2.06. The van der Waals surface area contributed by atoms with Gasteiger partial charge < -0.3 is 5.32 Å². The SMILES string of the molecule is Cc1csc(CNCc2ccc(Cn3cncn3)cc2)n1. The molecule has 0 aliphatic heterocycles. The van der Waals surface area contributed by atoms with Gasteiger partial charge in [0.2, 0.25) is 0 Å². The molecule has 0 unspecified atom stereocenters. The quantitative estimate of drug-likeness (QED) is 0.759. The van der Waals surface area contributed by atoms with Crippen LogP contribution in [0.5, 0.6) is 0 Å². The van der Waals surface area contributed by atoms with Crippen molar-refractivity contribution in [1.82, 2.24) is 25.1 Å². The summed E-state index contributed by atoms with van der Waals surface area (Å²) in [7, 11) is 0. The lowest BCUT2D eigenvalue weighted by Crippen LogP contribution is -2.12. The zero-order chi connectivity index (χ0) is 14.5. The van der Waals surface area contributed by atoms with E-state index >= 15 is 0 Å². The maximum Gasteiger partial charge on any atom is 0.137 e. The molecule has 1 N–H and O–H groups in total. The largest absolute Gasteiger partial charge is 0.306 e. The number of nitrogens with one attached hydrogen (secondary N) is 1. The molecule has 0 amide bonds. The van der Waals surface area contributed by atoms with Gasteiger partial charge in [0.15, 0.2) is 0 Å². The van der Waals surface area contributed by atoms with Crippen LogP contribution in [0.3, 0.4) is 0 Å². The standard InChI is InChI=1S/C15H17N5S/c1-12-9-21-15(19-12)7-16-6-13-2-4-14(5-3-13)8-20-11-17-10-18-20/h2-5,9-11,16H,6-8H2,1H3. The van der Waals surface area contributed by atoms with Crippen molar-refractivity contribution in [2.75, 3.05) is 0 Å². The average Bonchev–Trinajstić information content (AvgIpc) is 3.13. The fraction of sp³-hybridized carbons (Fsp3) is 0.267. The van der Waals surface area contributed by atoms with Crippen LogP contribution in [0, 0.1) is 6.92 Å². The molecule has 108 valence electrons. The number of thiazole rings is 1. The van der Waals surface area contributed by atoms with E-state index in [9.17, 15) is 0 Å². The van der Waals surface area contributed by atoms with Crippen LogP contribution in [0.15, 0.2) is 42.3 Å². The van der Waals surface area contributed by atoms with Crippen LogP contribution in [0.2, 0.25) is 0 Å². The molecule has 0 aliphatic carbocycles. The molecule has 0 saturated carbocycles. The van der Waals surface area contributed by atoms with Crippen LogP contribution in [0.1, 0.15) is 21.8 Å². The van der Waals surface area contributed by atoms with E-state index in [1.54, 1.807) is 24.0 Å². The Morgan fingerprint density at radius 1 is 1.14 bits per heavy atom. The molecule has 2 aromatic heterocycles. The molecule has 0 atom stereocenters. The van der Waals surface area contributed by atoms with Crippen LogP contribution in [-0.2, 0) is 19.6 Å². The predicted molar refractivity (Wildman–Crippen MR) is 83.0 cm³/mol. The molecule has 1 aromatic carbocycles. The van der Waals surface area contributed by atoms with Crippen LogP contribution in [0.4, 0.5) is 0 Å². The van der Waals surface area contributed by atoms with Gasteiger partial charge in [0.1, 0.15) is 17.7 Å². The van der Waals surface area contributed by atoms with Gasteiger partial charge in [-0.05, 0) is 18.1 Å². The van der Waals surface area contributed by atoms with Gasteiger partial charge in [-0.25, -0.2) is 14.6 Å². The third-order valence-corrected chi connectivity index (χ3v) is 4.07. The Balaban J connectivity index is 1.50. The van der Waals surface area contributed by atoms with Crippen LogP contribution in [-0.4, -0.2) is 19.7 Å². The van der Waals surface area contributed by atoms with Crippen molar-refractivity contribution >= 4 is 11.3 Å². The Morgan fingerprint density at radius 2 is 1.95 bits per heavy atom. The minimum atomic E-state index is 0.756. The normalized spacial score (nSPS) is 10.9. The van der Waals surface area contributed by atoms with E-state index in [0.717, 1.165) is 30.3 Å². The summed E-state index contributed by atoms with van der Waals surface area (Å²) >= 11 is 1.70. The highest BCUT2D eigenvalue weighted by Crippen LogP contribution is 2.09. The molecule has 0 fully saturated rings. The maximum atomic E-state index is 4.44. The first-order valence-electron chi connectivity index (χ1n) is 6.81. The smallest absolute Gasteiger partial charge is 0.137 e. The van der Waals surface area contributed by atoms with Gasteiger partial charge >= 0.3 is 0 Å². The summed E-state index contributed by atoms with van der Waals surface area (Å²) < 4.78 is 1.82. The van der Waals surface area contributed by atoms with Gasteiger partial charge in [-0.15, -0.1) is 11.3 Å². The molecule has 0 saturated heterocycles. The van der Waals surface area contributed by atoms with Crippen molar-refractivity contribution in [3.63, 3.8) is 0 Å². The van der Waals surface area contributed by atoms with E-state index in [2.05, 4.69) is 50.0 Å². The number of aromatic nitrogens is 4. The summed E-state index contributed by atoms with van der Waals surface area (Å²) in [5.74, 6) is 0. The van der Waals surface area contributed by atoms with Crippen LogP contribution < -0.4 is 5.32 Å². The van der Waals surface area contributed by atoms with Crippen molar-refractivity contribution < 1.29 is 0 Å². The second-order valence-corrected chi connectivity index (χ2v) is 5.84. The Hall–Kier alpha value is -2.05. The van der Waals surface area contributed by atoms with E-state index in [0.29, 0.717) is 0 Å². The van der Waals surface area contributed by atoms with Gasteiger partial charge in [-0.2, -0.15) is 5.10 Å². The molecular formula is C15H17N5S. The van der Waals surface area contributed by atoms with Gasteiger partial charge in [-0.1, -0.05) is 24.3 Å². The number of hydrogen-bond donors (Lipinski definition) is 1. The maximum absolute atomic E-state index is 4.44. The molecule has 3 rings (SSSR count). The van der Waals surface area contributed by atoms with Crippen molar-refractivity contribution in [2.45, 2.75) is 26.6 Å². The first-order chi connectivity index (χ1) is 10.3. The van der Waals surface area contributed by atoms with E-state index in [1.807, 2.05) is 11.6 Å². The van der Waals surface area contributed by atoms with E-state index in [-0.39, 0.29) is 0 Å². The Bertz CT molecular complexity index is 672. The summed E-state index contributed by atoms with van der Waals surface area (Å²) in [6.07, 6.45) is 3.28. The predicted octanol–water partition coefficient (Wildman–Crippen LogP) is 2.38. The van der Waals surface area contributed by atoms with Crippen molar-refractivity contribution in [3.05, 3.63) is 64.1 Å². The molecule has 5 nitrogen and oxygen atoms in total. The van der Waals surface area contributed by atoms with Crippen LogP contribution in [0.25, 0.3) is 0 Å². The number of aryl methyl sites for hydroxylation is 1. The minimum absolute atomic E-state index is 0.756. The van der Waals surface area contributed by atoms with Crippen molar-refractivity contribution in [3.8, 4) is 0 Å². The molecule has 0 spiro atoms. The van der Waals surface area contributed by atoms with E-state index < -0.39 is 0 Å². The number of hydrogen-bond acceptors (Lipinski definition) is 5. The van der Waals surface area contributed by atoms with Crippen LogP contribution >= 0.6 is 11.3 Å². The number of nitrogens with zero attached hydrogens (tertiary/aromatic N) is 4. The Labute approximate surface area is 127 Å². The topological polar surface area (TPSA) is 55.6 Å². The van der Waals surface area contributed by atoms with Crippen molar-refractivity contribution in [2.24, 2.45) is 0 Å². The summed E-state index contributed by atoms with van der Waals surface area (Å²) in [4.78, 5) is 8.38. The lowest BCUT2D eigenvalue weighted by molar-refractivity contribution is 0.679. The second-order valence-electron chi connectivity index (χ2n) is 4.90. The highest BCUT2D eigenvalue weighted by molar-refractivity contribution is 7.09. The van der Waals surface area contributed by atoms with Gasteiger partial charge in [0.05, 0.1) is 6.54 Å². The third-order valence-electron chi connectivity index (χ3n) is 3.11. The fourth-order valence-corrected chi connectivity index (χ4v) is 2.80. The molecule has 3 aromatic rings. The molecule has 0 aliphatic rings. The Morgan fingerprint density at radius 3 is 2.62 bits per heavy atom. The third kappa shape index (κ3) is 3.96. The molecule has 2 heterocycles. The van der Waals surface area contributed by atoms with E-state index in [4.69, 9.17) is 0 Å². The first-order valence-corrected chi connectivity index (χ1v) is 7.69. The van der Waals surface area contributed by atoms with Gasteiger partial charge in [0.25, 0.3) is 0 Å². The molecule has 0 radical (unpaired) electrons. The summed E-state index contributed by atoms with van der Waals surface area (Å²) in [5.41, 5.74) is 3.58. The van der Waals surface area contributed by atoms with E-state index in [1.165, 1.54) is 11.1 Å². The minimum Gasteiger partial charge on any atom is -0.306 e. The molecular weight excluding hydrogens is 282 g/mol.